The van der Waals surface area contributed by atoms with Gasteiger partial charge in [-0.05, 0) is 34.9 Å². The first kappa shape index (κ1) is 26.5. The summed E-state index contributed by atoms with van der Waals surface area (Å²) >= 11 is 0. The van der Waals surface area contributed by atoms with Crippen LogP contribution in [0.2, 0.25) is 0 Å². The molecule has 2 heterocycles. The van der Waals surface area contributed by atoms with Crippen LogP contribution in [0.15, 0.2) is 79.0 Å². The molecule has 1 amide bonds. The molecule has 1 fully saturated rings. The summed E-state index contributed by atoms with van der Waals surface area (Å²) in [5.74, 6) is -1.05. The molecule has 3 aromatic carbocycles. The van der Waals surface area contributed by atoms with Gasteiger partial charge in [-0.25, -0.2) is 4.39 Å². The zero-order valence-electron chi connectivity index (χ0n) is 21.6. The van der Waals surface area contributed by atoms with E-state index in [1.165, 1.54) is 18.2 Å². The van der Waals surface area contributed by atoms with Crippen LogP contribution in [0.5, 0.6) is 0 Å². The predicted octanol–water partition coefficient (Wildman–Crippen LogP) is 4.71. The molecule has 4 aromatic rings. The van der Waals surface area contributed by atoms with Crippen molar-refractivity contribution in [3.8, 4) is 0 Å². The van der Waals surface area contributed by atoms with E-state index in [1.54, 1.807) is 24.3 Å². The third kappa shape index (κ3) is 6.50. The highest BCUT2D eigenvalue weighted by Gasteiger charge is 2.25. The normalized spacial score (nSPS) is 14.8. The third-order valence-corrected chi connectivity index (χ3v) is 7.17. The molecule has 5 rings (SSSR count). The lowest BCUT2D eigenvalue weighted by Crippen LogP contribution is -2.41. The minimum atomic E-state index is -0.495. The second-order valence-electron chi connectivity index (χ2n) is 9.77. The van der Waals surface area contributed by atoms with Crippen LogP contribution in [0.1, 0.15) is 29.0 Å². The lowest BCUT2D eigenvalue weighted by Gasteiger charge is -2.26. The Hall–Kier alpha value is -4.08. The maximum absolute atomic E-state index is 14.4. The topological polar surface area (TPSA) is 89.6 Å². The average molecular weight is 531 g/mol. The van der Waals surface area contributed by atoms with Crippen molar-refractivity contribution in [2.45, 2.75) is 18.9 Å². The minimum Gasteiger partial charge on any atom is -0.379 e. The maximum Gasteiger partial charge on any atom is 0.270 e. The predicted molar refractivity (Wildman–Crippen MR) is 147 cm³/mol. The number of non-ortho nitro benzene ring substituents is 1. The first-order chi connectivity index (χ1) is 19.0. The van der Waals surface area contributed by atoms with Crippen LogP contribution in [-0.4, -0.2) is 59.7 Å². The number of hydrogen-bond donors (Lipinski definition) is 1. The summed E-state index contributed by atoms with van der Waals surface area (Å²) in [7, 11) is 0. The molecule has 1 aliphatic rings. The van der Waals surface area contributed by atoms with Gasteiger partial charge in [-0.15, -0.1) is 0 Å². The van der Waals surface area contributed by atoms with Gasteiger partial charge in [-0.3, -0.25) is 19.8 Å². The van der Waals surface area contributed by atoms with Crippen molar-refractivity contribution in [1.29, 1.82) is 0 Å². The number of hydrogen-bond acceptors (Lipinski definition) is 5. The van der Waals surface area contributed by atoms with Crippen LogP contribution in [0.3, 0.4) is 0 Å². The lowest BCUT2D eigenvalue weighted by molar-refractivity contribution is -0.384. The molecule has 1 aromatic heterocycles. The molecule has 0 radical (unpaired) electrons. The van der Waals surface area contributed by atoms with Gasteiger partial charge in [-0.1, -0.05) is 42.5 Å². The summed E-state index contributed by atoms with van der Waals surface area (Å²) in [4.78, 5) is 26.6. The van der Waals surface area contributed by atoms with Crippen molar-refractivity contribution in [1.82, 2.24) is 14.8 Å². The van der Waals surface area contributed by atoms with Crippen LogP contribution in [0.4, 0.5) is 10.1 Å². The Morgan fingerprint density at radius 3 is 2.59 bits per heavy atom. The van der Waals surface area contributed by atoms with Crippen molar-refractivity contribution >= 4 is 22.5 Å². The van der Waals surface area contributed by atoms with E-state index in [9.17, 15) is 19.3 Å². The number of morpholine rings is 1. The van der Waals surface area contributed by atoms with E-state index in [0.29, 0.717) is 37.3 Å². The molecule has 39 heavy (non-hydrogen) atoms. The fraction of sp³-hybridized carbons (Fsp3) is 0.300. The quantitative estimate of drug-likeness (QED) is 0.237. The smallest absolute Gasteiger partial charge is 0.270 e. The number of amides is 1. The largest absolute Gasteiger partial charge is 0.379 e. The number of fused-ring (bicyclic) bond motifs is 1. The minimum absolute atomic E-state index is 0.0332. The number of rotatable bonds is 10. The van der Waals surface area contributed by atoms with Crippen molar-refractivity contribution < 1.29 is 18.8 Å². The van der Waals surface area contributed by atoms with Gasteiger partial charge >= 0.3 is 0 Å². The lowest BCUT2D eigenvalue weighted by atomic mass is 9.88. The fourth-order valence-electron chi connectivity index (χ4n) is 5.18. The molecule has 1 atom stereocenters. The summed E-state index contributed by atoms with van der Waals surface area (Å²) in [6.45, 7) is 4.82. The number of carbonyl (C=O) groups is 1. The van der Waals surface area contributed by atoms with Gasteiger partial charge in [-0.2, -0.15) is 0 Å². The van der Waals surface area contributed by atoms with E-state index in [-0.39, 0.29) is 18.0 Å². The number of carbonyl (C=O) groups excluding carboxylic acids is 1. The number of benzene rings is 3. The van der Waals surface area contributed by atoms with Gasteiger partial charge in [0, 0.05) is 74.3 Å². The van der Waals surface area contributed by atoms with E-state index < -0.39 is 16.7 Å². The molecular weight excluding hydrogens is 499 g/mol. The van der Waals surface area contributed by atoms with E-state index in [1.807, 2.05) is 41.1 Å². The van der Waals surface area contributed by atoms with Gasteiger partial charge in [0.1, 0.15) is 5.82 Å². The Morgan fingerprint density at radius 1 is 1.05 bits per heavy atom. The summed E-state index contributed by atoms with van der Waals surface area (Å²) in [5, 5.41) is 15.3. The third-order valence-electron chi connectivity index (χ3n) is 7.17. The van der Waals surface area contributed by atoms with E-state index in [2.05, 4.69) is 10.2 Å². The Balaban J connectivity index is 1.48. The molecular formula is C30H31FN4O4. The van der Waals surface area contributed by atoms with E-state index in [4.69, 9.17) is 4.74 Å². The molecule has 202 valence electrons. The Bertz CT molecular complexity index is 1450. The zero-order chi connectivity index (χ0) is 27.2. The summed E-state index contributed by atoms with van der Waals surface area (Å²) in [6.07, 6.45) is 2.03. The summed E-state index contributed by atoms with van der Waals surface area (Å²) in [6, 6.07) is 20.9. The molecule has 0 saturated carbocycles. The maximum atomic E-state index is 14.4. The molecule has 0 bridgehead atoms. The Labute approximate surface area is 226 Å². The number of nitro groups is 1. The Morgan fingerprint density at radius 2 is 1.85 bits per heavy atom. The van der Waals surface area contributed by atoms with Crippen molar-refractivity contribution in [3.63, 3.8) is 0 Å². The zero-order valence-corrected chi connectivity index (χ0v) is 21.6. The van der Waals surface area contributed by atoms with Crippen LogP contribution in [-0.2, 0) is 16.1 Å². The van der Waals surface area contributed by atoms with Gasteiger partial charge in [0.15, 0.2) is 0 Å². The molecule has 1 unspecified atom stereocenters. The molecule has 1 aliphatic heterocycles. The average Bonchev–Trinajstić information content (AvgIpc) is 3.30. The highest BCUT2D eigenvalue weighted by atomic mass is 19.1. The van der Waals surface area contributed by atoms with Crippen LogP contribution < -0.4 is 5.32 Å². The SMILES string of the molecule is O=C(CC(c1cccc(F)c1)c1cn(Cc2ccccc2)c2ccc([N+](=O)[O-])cc12)NCCN1CCOCC1. The van der Waals surface area contributed by atoms with Gasteiger partial charge in [0.2, 0.25) is 5.91 Å². The standard InChI is InChI=1S/C30H31FN4O4/c31-24-8-4-7-23(17-24)26(19-30(36)32-11-12-33-13-15-39-16-14-33)28-21-34(20-22-5-2-1-3-6-22)29-10-9-25(35(37)38)18-27(28)29/h1-10,17-18,21,26H,11-16,19-20H2,(H,32,36). The van der Waals surface area contributed by atoms with Crippen LogP contribution in [0, 0.1) is 15.9 Å². The number of nitrogens with one attached hydrogen (secondary N) is 1. The summed E-state index contributed by atoms with van der Waals surface area (Å²) < 4.78 is 21.8. The molecule has 0 aliphatic carbocycles. The molecule has 8 nitrogen and oxygen atoms in total. The number of halogens is 1. The monoisotopic (exact) mass is 530 g/mol. The molecule has 1 saturated heterocycles. The Kier molecular flexibility index (Phi) is 8.29. The highest BCUT2D eigenvalue weighted by molar-refractivity contribution is 5.88. The van der Waals surface area contributed by atoms with Gasteiger partial charge < -0.3 is 14.6 Å². The highest BCUT2D eigenvalue weighted by Crippen LogP contribution is 2.37. The van der Waals surface area contributed by atoms with Crippen LogP contribution >= 0.6 is 0 Å². The number of nitrogens with zero attached hydrogens (tertiary/aromatic N) is 3. The first-order valence-corrected chi connectivity index (χ1v) is 13.1. The number of ether oxygens (including phenoxy) is 1. The van der Waals surface area contributed by atoms with Crippen molar-refractivity contribution in [2.75, 3.05) is 39.4 Å². The van der Waals surface area contributed by atoms with Gasteiger partial charge in [0.25, 0.3) is 5.69 Å². The fourth-order valence-corrected chi connectivity index (χ4v) is 5.18. The molecule has 0 spiro atoms. The number of nitro benzene ring substituents is 1. The van der Waals surface area contributed by atoms with Crippen molar-refractivity contribution in [3.05, 3.63) is 112 Å². The second kappa shape index (κ2) is 12.2. The molecule has 1 N–H and O–H groups in total. The number of aromatic nitrogens is 1. The summed E-state index contributed by atoms with van der Waals surface area (Å²) in [5.41, 5.74) is 3.24. The first-order valence-electron chi connectivity index (χ1n) is 13.1. The van der Waals surface area contributed by atoms with Gasteiger partial charge in [0.05, 0.1) is 18.1 Å². The van der Waals surface area contributed by atoms with Crippen LogP contribution in [0.25, 0.3) is 10.9 Å². The second-order valence-corrected chi connectivity index (χ2v) is 9.77. The van der Waals surface area contributed by atoms with E-state index in [0.717, 1.165) is 36.3 Å². The molecule has 9 heteroatoms. The van der Waals surface area contributed by atoms with E-state index >= 15 is 0 Å². The van der Waals surface area contributed by atoms with Crippen molar-refractivity contribution in [2.24, 2.45) is 0 Å².